The fourth-order valence-electron chi connectivity index (χ4n) is 1.13. The highest BCUT2D eigenvalue weighted by Crippen LogP contribution is 2.56. The lowest BCUT2D eigenvalue weighted by Gasteiger charge is -2.37. The van der Waals surface area contributed by atoms with Crippen LogP contribution in [0, 0.1) is 0 Å². The molecule has 0 aromatic rings. The van der Waals surface area contributed by atoms with Gasteiger partial charge in [0.25, 0.3) is 11.7 Å². The highest BCUT2D eigenvalue weighted by molar-refractivity contribution is 5.05. The molecule has 0 aliphatic rings. The van der Waals surface area contributed by atoms with E-state index in [0.717, 1.165) is 0 Å². The highest BCUT2D eigenvalue weighted by atomic mass is 19.4. The first-order valence-electron chi connectivity index (χ1n) is 5.97. The normalized spacial score (nSPS) is 14.6. The predicted molar refractivity (Wildman–Crippen MR) is 52.6 cm³/mol. The van der Waals surface area contributed by atoms with Crippen molar-refractivity contribution in [2.75, 3.05) is 0 Å². The number of alkyl halides is 12. The fraction of sp³-hybridized carbons (Fsp3) is 0.600. The second-order valence-corrected chi connectivity index (χ2v) is 4.57. The van der Waals surface area contributed by atoms with Crippen molar-refractivity contribution in [3.63, 3.8) is 0 Å². The standard InChI is InChI=1S/C10F18O2/c11-1(3(13)14)5(17,18)29-9(25,26)7(21,22)8(23,24)10(27,28)30-6(19,20)2(12)4(15)16. The van der Waals surface area contributed by atoms with Gasteiger partial charge >= 0.3 is 48.4 Å². The molecule has 0 bridgehead atoms. The minimum absolute atomic E-state index is 1.42. The lowest BCUT2D eigenvalue weighted by atomic mass is 10.1. The first-order valence-corrected chi connectivity index (χ1v) is 5.97. The van der Waals surface area contributed by atoms with E-state index >= 15 is 0 Å². The summed E-state index contributed by atoms with van der Waals surface area (Å²) in [6.45, 7) is 0. The van der Waals surface area contributed by atoms with Crippen molar-refractivity contribution in [1.29, 1.82) is 0 Å². The van der Waals surface area contributed by atoms with Gasteiger partial charge in [0.15, 0.2) is 0 Å². The van der Waals surface area contributed by atoms with E-state index in [1.54, 1.807) is 0 Å². The van der Waals surface area contributed by atoms with Gasteiger partial charge in [-0.15, -0.1) is 0 Å². The molecule has 20 heteroatoms. The second-order valence-electron chi connectivity index (χ2n) is 4.57. The third-order valence-corrected chi connectivity index (χ3v) is 2.48. The van der Waals surface area contributed by atoms with E-state index in [1.807, 2.05) is 0 Å². The zero-order valence-corrected chi connectivity index (χ0v) is 12.6. The predicted octanol–water partition coefficient (Wildman–Crippen LogP) is 6.82. The van der Waals surface area contributed by atoms with Crippen molar-refractivity contribution >= 4 is 0 Å². The summed E-state index contributed by atoms with van der Waals surface area (Å²) in [4.78, 5) is 0. The van der Waals surface area contributed by atoms with Crippen molar-refractivity contribution < 1.29 is 88.5 Å². The first kappa shape index (κ1) is 28.1. The summed E-state index contributed by atoms with van der Waals surface area (Å²) < 4.78 is 228. The molecule has 0 aliphatic heterocycles. The number of ether oxygens (including phenoxy) is 2. The van der Waals surface area contributed by atoms with Crippen molar-refractivity contribution in [3.8, 4) is 0 Å². The van der Waals surface area contributed by atoms with E-state index in [0.29, 0.717) is 0 Å². The van der Waals surface area contributed by atoms with Crippen LogP contribution < -0.4 is 0 Å². The van der Waals surface area contributed by atoms with Gasteiger partial charge in [-0.05, 0) is 0 Å². The lowest BCUT2D eigenvalue weighted by Crippen LogP contribution is -2.65. The Morgan fingerprint density at radius 3 is 0.767 bits per heavy atom. The van der Waals surface area contributed by atoms with Gasteiger partial charge in [0, 0.05) is 0 Å². The largest absolute Gasteiger partial charge is 0.430 e. The van der Waals surface area contributed by atoms with E-state index in [2.05, 4.69) is 0 Å². The maximum atomic E-state index is 13.1. The monoisotopic (exact) mass is 494 g/mol. The average molecular weight is 494 g/mol. The molecule has 0 rings (SSSR count). The molecule has 0 spiro atoms. The van der Waals surface area contributed by atoms with Crippen LogP contribution in [0.1, 0.15) is 0 Å². The molecule has 0 N–H and O–H groups in total. The zero-order valence-electron chi connectivity index (χ0n) is 12.6. The van der Waals surface area contributed by atoms with Crippen molar-refractivity contribution in [2.45, 2.75) is 36.3 Å². The summed E-state index contributed by atoms with van der Waals surface area (Å²) in [5.41, 5.74) is 0. The summed E-state index contributed by atoms with van der Waals surface area (Å²) in [5, 5.41) is 0. The van der Waals surface area contributed by atoms with Gasteiger partial charge in [-0.1, -0.05) is 0 Å². The molecule has 0 aromatic carbocycles. The zero-order chi connectivity index (χ0) is 24.7. The Labute approximate surface area is 150 Å². The van der Waals surface area contributed by atoms with Crippen LogP contribution in [0.4, 0.5) is 79.0 Å². The lowest BCUT2D eigenvalue weighted by molar-refractivity contribution is -0.506. The Bertz CT molecular complexity index is 638. The van der Waals surface area contributed by atoms with E-state index < -0.39 is 60.1 Å². The Hall–Kier alpha value is -1.86. The summed E-state index contributed by atoms with van der Waals surface area (Å²) in [5.74, 6) is -25.0. The molecule has 0 atom stereocenters. The van der Waals surface area contributed by atoms with Gasteiger partial charge in [0.1, 0.15) is 0 Å². The smallest absolute Gasteiger partial charge is 0.244 e. The quantitative estimate of drug-likeness (QED) is 0.328. The number of rotatable bonds is 9. The van der Waals surface area contributed by atoms with Crippen LogP contribution in [0.2, 0.25) is 0 Å². The van der Waals surface area contributed by atoms with Crippen LogP contribution in [-0.2, 0) is 9.47 Å². The van der Waals surface area contributed by atoms with Crippen LogP contribution in [0.3, 0.4) is 0 Å². The molecule has 0 aliphatic carbocycles. The van der Waals surface area contributed by atoms with Crippen LogP contribution in [0.15, 0.2) is 23.8 Å². The molecular formula is C10F18O2. The molecular weight excluding hydrogens is 494 g/mol. The van der Waals surface area contributed by atoms with Crippen LogP contribution >= 0.6 is 0 Å². The Kier molecular flexibility index (Phi) is 7.51. The van der Waals surface area contributed by atoms with Gasteiger partial charge in [-0.25, -0.2) is 9.47 Å². The van der Waals surface area contributed by atoms with E-state index in [4.69, 9.17) is 0 Å². The maximum Gasteiger partial charge on any atom is 0.430 e. The number of halogens is 18. The summed E-state index contributed by atoms with van der Waals surface area (Å²) in [7, 11) is 0. The average Bonchev–Trinajstić information content (AvgIpc) is 2.50. The molecule has 0 radical (unpaired) electrons. The van der Waals surface area contributed by atoms with E-state index in [1.165, 1.54) is 9.47 Å². The SMILES string of the molecule is FC(F)=C(F)C(F)(F)OC(F)(F)C(F)(F)C(F)(F)C(F)(F)OC(F)(F)C(F)=C(F)F. The Balaban J connectivity index is 6.22. The number of hydrogen-bond donors (Lipinski definition) is 0. The van der Waals surface area contributed by atoms with Crippen LogP contribution in [-0.4, -0.2) is 36.3 Å². The van der Waals surface area contributed by atoms with Gasteiger partial charge in [-0.2, -0.15) is 79.0 Å². The van der Waals surface area contributed by atoms with Gasteiger partial charge in [-0.3, -0.25) is 0 Å². The third kappa shape index (κ3) is 5.06. The second kappa shape index (κ2) is 8.00. The molecule has 0 fully saturated rings. The molecule has 30 heavy (non-hydrogen) atoms. The molecule has 178 valence electrons. The van der Waals surface area contributed by atoms with Gasteiger partial charge in [0.05, 0.1) is 0 Å². The molecule has 0 saturated heterocycles. The molecule has 0 saturated carbocycles. The minimum Gasteiger partial charge on any atom is -0.244 e. The highest BCUT2D eigenvalue weighted by Gasteiger charge is 2.85. The summed E-state index contributed by atoms with van der Waals surface area (Å²) >= 11 is 0. The van der Waals surface area contributed by atoms with Crippen molar-refractivity contribution in [3.05, 3.63) is 23.8 Å². The van der Waals surface area contributed by atoms with Crippen molar-refractivity contribution in [2.24, 2.45) is 0 Å². The van der Waals surface area contributed by atoms with Crippen LogP contribution in [0.5, 0.6) is 0 Å². The maximum absolute atomic E-state index is 13.1. The molecule has 0 heterocycles. The first-order chi connectivity index (χ1) is 12.9. The molecule has 0 unspecified atom stereocenters. The Morgan fingerprint density at radius 1 is 0.400 bits per heavy atom. The molecule has 0 amide bonds. The van der Waals surface area contributed by atoms with E-state index in [-0.39, 0.29) is 0 Å². The Morgan fingerprint density at radius 2 is 0.600 bits per heavy atom. The van der Waals surface area contributed by atoms with Crippen molar-refractivity contribution in [1.82, 2.24) is 0 Å². The summed E-state index contributed by atoms with van der Waals surface area (Å²) in [6, 6.07) is 0. The minimum atomic E-state index is -8.13. The molecule has 2 nitrogen and oxygen atoms in total. The van der Waals surface area contributed by atoms with Gasteiger partial charge in [0.2, 0.25) is 0 Å². The topological polar surface area (TPSA) is 18.5 Å². The fourth-order valence-corrected chi connectivity index (χ4v) is 1.13. The van der Waals surface area contributed by atoms with Gasteiger partial charge < -0.3 is 0 Å². The van der Waals surface area contributed by atoms with Crippen LogP contribution in [0.25, 0.3) is 0 Å². The van der Waals surface area contributed by atoms with E-state index in [9.17, 15) is 79.0 Å². The number of hydrogen-bond acceptors (Lipinski definition) is 2. The summed E-state index contributed by atoms with van der Waals surface area (Å²) in [6.07, 6.45) is -37.7. The molecule has 0 aromatic heterocycles. The third-order valence-electron chi connectivity index (χ3n) is 2.48.